The Balaban J connectivity index is 1.87. The second kappa shape index (κ2) is 9.04. The van der Waals surface area contributed by atoms with Crippen LogP contribution in [0.15, 0.2) is 54.6 Å². The molecule has 0 atom stereocenters. The highest BCUT2D eigenvalue weighted by Crippen LogP contribution is 2.09. The third-order valence-corrected chi connectivity index (χ3v) is 3.19. The number of esters is 3. The van der Waals surface area contributed by atoms with Gasteiger partial charge in [0, 0.05) is 12.0 Å². The predicted molar refractivity (Wildman–Crippen MR) is 90.8 cm³/mol. The number of ether oxygens (including phenoxy) is 2. The van der Waals surface area contributed by atoms with Crippen molar-refractivity contribution in [2.75, 3.05) is 7.11 Å². The minimum atomic E-state index is -0.813. The van der Waals surface area contributed by atoms with Crippen molar-refractivity contribution in [3.05, 3.63) is 71.3 Å². The lowest BCUT2D eigenvalue weighted by molar-refractivity contribution is -0.137. The molecule has 2 aromatic rings. The number of carbonyl (C=O) groups is 3. The van der Waals surface area contributed by atoms with Crippen LogP contribution < -0.4 is 0 Å². The second-order valence-corrected chi connectivity index (χ2v) is 5.00. The standard InChI is InChI=1S/C20H16O5/c1-24-19(22)16-11-7-12-17(14-16)20(23)25-18(21)13-6-5-10-15-8-3-2-4-9-15/h2-4,7-9,11-12,14H,6,13H2,1H3. The average molecular weight is 336 g/mol. The highest BCUT2D eigenvalue weighted by molar-refractivity contribution is 5.99. The van der Waals surface area contributed by atoms with Crippen LogP contribution in [0.5, 0.6) is 0 Å². The van der Waals surface area contributed by atoms with Gasteiger partial charge in [-0.1, -0.05) is 36.1 Å². The average Bonchev–Trinajstić information content (AvgIpc) is 2.65. The Labute approximate surface area is 145 Å². The number of carbonyl (C=O) groups excluding carboxylic acids is 3. The Kier molecular flexibility index (Phi) is 6.49. The van der Waals surface area contributed by atoms with Gasteiger partial charge in [0.05, 0.1) is 24.7 Å². The normalized spacial score (nSPS) is 9.48. The first-order valence-corrected chi connectivity index (χ1v) is 7.57. The van der Waals surface area contributed by atoms with Gasteiger partial charge in [0.25, 0.3) is 0 Å². The SMILES string of the molecule is COC(=O)c1cccc(C(=O)OC(=O)CCC#Cc2ccccc2)c1. The maximum Gasteiger partial charge on any atom is 0.345 e. The molecular formula is C20H16O5. The number of benzene rings is 2. The molecule has 0 heterocycles. The Morgan fingerprint density at radius 3 is 2.28 bits per heavy atom. The molecule has 0 saturated carbocycles. The molecule has 0 fully saturated rings. The van der Waals surface area contributed by atoms with E-state index < -0.39 is 17.9 Å². The van der Waals surface area contributed by atoms with Crippen LogP contribution in [0, 0.1) is 11.8 Å². The third-order valence-electron chi connectivity index (χ3n) is 3.19. The lowest BCUT2D eigenvalue weighted by Gasteiger charge is -2.04. The molecule has 2 aromatic carbocycles. The molecule has 0 bridgehead atoms. The minimum Gasteiger partial charge on any atom is -0.465 e. The van der Waals surface area contributed by atoms with Crippen LogP contribution in [0.2, 0.25) is 0 Å². The summed E-state index contributed by atoms with van der Waals surface area (Å²) in [6, 6.07) is 15.2. The van der Waals surface area contributed by atoms with Gasteiger partial charge in [0.2, 0.25) is 0 Å². The topological polar surface area (TPSA) is 69.7 Å². The van der Waals surface area contributed by atoms with Crippen LogP contribution in [0.4, 0.5) is 0 Å². The maximum absolute atomic E-state index is 11.9. The van der Waals surface area contributed by atoms with Gasteiger partial charge in [-0.15, -0.1) is 0 Å². The van der Waals surface area contributed by atoms with E-state index in [9.17, 15) is 14.4 Å². The van der Waals surface area contributed by atoms with Gasteiger partial charge in [0.15, 0.2) is 0 Å². The molecule has 0 radical (unpaired) electrons. The summed E-state index contributed by atoms with van der Waals surface area (Å²) < 4.78 is 9.34. The lowest BCUT2D eigenvalue weighted by atomic mass is 10.1. The summed E-state index contributed by atoms with van der Waals surface area (Å²) in [7, 11) is 1.24. The van der Waals surface area contributed by atoms with Crippen molar-refractivity contribution >= 4 is 17.9 Å². The first-order chi connectivity index (χ1) is 12.1. The van der Waals surface area contributed by atoms with Crippen molar-refractivity contribution < 1.29 is 23.9 Å². The van der Waals surface area contributed by atoms with Crippen molar-refractivity contribution in [2.24, 2.45) is 0 Å². The molecule has 0 aliphatic rings. The van der Waals surface area contributed by atoms with Gasteiger partial charge in [0.1, 0.15) is 0 Å². The Morgan fingerprint density at radius 1 is 0.920 bits per heavy atom. The van der Waals surface area contributed by atoms with Gasteiger partial charge in [-0.2, -0.15) is 0 Å². The van der Waals surface area contributed by atoms with Gasteiger partial charge in [-0.25, -0.2) is 9.59 Å². The van der Waals surface area contributed by atoms with E-state index in [2.05, 4.69) is 16.6 Å². The Bertz CT molecular complexity index is 828. The van der Waals surface area contributed by atoms with E-state index in [1.807, 2.05) is 30.3 Å². The monoisotopic (exact) mass is 336 g/mol. The second-order valence-electron chi connectivity index (χ2n) is 5.00. The quantitative estimate of drug-likeness (QED) is 0.488. The van der Waals surface area contributed by atoms with E-state index in [0.717, 1.165) is 5.56 Å². The minimum absolute atomic E-state index is 0.00225. The van der Waals surface area contributed by atoms with Gasteiger partial charge < -0.3 is 9.47 Å². The summed E-state index contributed by atoms with van der Waals surface area (Å²) in [5, 5.41) is 0. The van der Waals surface area contributed by atoms with E-state index in [0.29, 0.717) is 0 Å². The summed E-state index contributed by atoms with van der Waals surface area (Å²) in [4.78, 5) is 35.1. The Hall–Kier alpha value is -3.39. The zero-order valence-corrected chi connectivity index (χ0v) is 13.7. The van der Waals surface area contributed by atoms with E-state index >= 15 is 0 Å². The Morgan fingerprint density at radius 2 is 1.60 bits per heavy atom. The van der Waals surface area contributed by atoms with E-state index in [4.69, 9.17) is 4.74 Å². The maximum atomic E-state index is 11.9. The first kappa shape index (κ1) is 18.0. The van der Waals surface area contributed by atoms with Gasteiger partial charge >= 0.3 is 17.9 Å². The molecule has 5 heteroatoms. The van der Waals surface area contributed by atoms with Crippen molar-refractivity contribution in [3.63, 3.8) is 0 Å². The largest absolute Gasteiger partial charge is 0.465 e. The van der Waals surface area contributed by atoms with Crippen molar-refractivity contribution in [2.45, 2.75) is 12.8 Å². The van der Waals surface area contributed by atoms with Crippen molar-refractivity contribution in [1.82, 2.24) is 0 Å². The highest BCUT2D eigenvalue weighted by Gasteiger charge is 2.15. The van der Waals surface area contributed by atoms with Gasteiger partial charge in [-0.05, 0) is 30.3 Å². The lowest BCUT2D eigenvalue weighted by Crippen LogP contribution is -2.13. The summed E-state index contributed by atoms with van der Waals surface area (Å²) in [5.74, 6) is 3.72. The fourth-order valence-electron chi connectivity index (χ4n) is 1.95. The van der Waals surface area contributed by atoms with Gasteiger partial charge in [-0.3, -0.25) is 4.79 Å². The fourth-order valence-corrected chi connectivity index (χ4v) is 1.95. The third kappa shape index (κ3) is 5.63. The summed E-state index contributed by atoms with van der Waals surface area (Å²) >= 11 is 0. The van der Waals surface area contributed by atoms with Crippen molar-refractivity contribution in [3.8, 4) is 11.8 Å². The molecule has 0 unspecified atom stereocenters. The number of hydrogen-bond donors (Lipinski definition) is 0. The van der Waals surface area contributed by atoms with Crippen LogP contribution in [0.3, 0.4) is 0 Å². The molecular weight excluding hydrogens is 320 g/mol. The summed E-state index contributed by atoms with van der Waals surface area (Å²) in [5.41, 5.74) is 1.16. The first-order valence-electron chi connectivity index (χ1n) is 7.57. The molecule has 0 saturated heterocycles. The van der Waals surface area contributed by atoms with E-state index in [1.54, 1.807) is 0 Å². The summed E-state index contributed by atoms with van der Waals surface area (Å²) in [6.07, 6.45) is 0.283. The van der Waals surface area contributed by atoms with Crippen LogP contribution in [-0.2, 0) is 14.3 Å². The number of methoxy groups -OCH3 is 1. The predicted octanol–water partition coefficient (Wildman–Crippen LogP) is 2.99. The fraction of sp³-hybridized carbons (Fsp3) is 0.150. The molecule has 2 rings (SSSR count). The van der Waals surface area contributed by atoms with E-state index in [1.165, 1.54) is 31.4 Å². The van der Waals surface area contributed by atoms with E-state index in [-0.39, 0.29) is 24.0 Å². The molecule has 0 aliphatic carbocycles. The number of rotatable bonds is 4. The van der Waals surface area contributed by atoms with Crippen LogP contribution in [-0.4, -0.2) is 25.0 Å². The molecule has 5 nitrogen and oxygen atoms in total. The molecule has 0 aromatic heterocycles. The molecule has 25 heavy (non-hydrogen) atoms. The summed E-state index contributed by atoms with van der Waals surface area (Å²) in [6.45, 7) is 0. The zero-order valence-electron chi connectivity index (χ0n) is 13.7. The molecule has 0 amide bonds. The zero-order chi connectivity index (χ0) is 18.1. The molecule has 0 aliphatic heterocycles. The van der Waals surface area contributed by atoms with Crippen LogP contribution in [0.25, 0.3) is 0 Å². The van der Waals surface area contributed by atoms with Crippen LogP contribution >= 0.6 is 0 Å². The molecule has 126 valence electrons. The molecule has 0 spiro atoms. The molecule has 0 N–H and O–H groups in total. The van der Waals surface area contributed by atoms with Crippen molar-refractivity contribution in [1.29, 1.82) is 0 Å². The number of hydrogen-bond acceptors (Lipinski definition) is 5. The van der Waals surface area contributed by atoms with Crippen LogP contribution in [0.1, 0.15) is 39.1 Å². The highest BCUT2D eigenvalue weighted by atomic mass is 16.6. The smallest absolute Gasteiger partial charge is 0.345 e.